The SMILES string of the molecule is Cc1c(Cl)ccc(O)c1Cc1ccccc1.Oc1ccc(Cl)cc1. The minimum atomic E-state index is 0.245. The average molecular weight is 361 g/mol. The first-order chi connectivity index (χ1) is 11.5. The minimum absolute atomic E-state index is 0.245. The van der Waals surface area contributed by atoms with E-state index >= 15 is 0 Å². The fraction of sp³-hybridized carbons (Fsp3) is 0.100. The Morgan fingerprint density at radius 2 is 1.42 bits per heavy atom. The zero-order valence-electron chi connectivity index (χ0n) is 13.2. The molecule has 0 heterocycles. The predicted octanol–water partition coefficient (Wildman–Crippen LogP) is 5.99. The second-order valence-electron chi connectivity index (χ2n) is 5.31. The standard InChI is InChI=1S/C14H13ClO.C6H5ClO/c1-10-12(14(16)8-7-13(10)15)9-11-5-3-2-4-6-11;7-5-1-3-6(8)4-2-5/h2-8,16H,9H2,1H3;1-4,8H. The Hall–Kier alpha value is -2.16. The van der Waals surface area contributed by atoms with Gasteiger partial charge < -0.3 is 10.2 Å². The van der Waals surface area contributed by atoms with Crippen molar-refractivity contribution in [1.82, 2.24) is 0 Å². The summed E-state index contributed by atoms with van der Waals surface area (Å²) in [6, 6.07) is 19.8. The number of hydrogen-bond acceptors (Lipinski definition) is 2. The first-order valence-corrected chi connectivity index (χ1v) is 8.18. The number of rotatable bonds is 2. The van der Waals surface area contributed by atoms with E-state index < -0.39 is 0 Å². The van der Waals surface area contributed by atoms with Crippen LogP contribution in [0.2, 0.25) is 10.0 Å². The molecule has 4 heteroatoms. The summed E-state index contributed by atoms with van der Waals surface area (Å²) in [5, 5.41) is 19.9. The van der Waals surface area contributed by atoms with E-state index in [4.69, 9.17) is 28.3 Å². The van der Waals surface area contributed by atoms with Crippen molar-refractivity contribution in [3.05, 3.63) is 93.5 Å². The Morgan fingerprint density at radius 3 is 2.00 bits per heavy atom. The molecule has 0 fully saturated rings. The van der Waals surface area contributed by atoms with Crippen LogP contribution in [0.4, 0.5) is 0 Å². The van der Waals surface area contributed by atoms with Crippen molar-refractivity contribution in [1.29, 1.82) is 0 Å². The maximum absolute atomic E-state index is 9.82. The van der Waals surface area contributed by atoms with Crippen LogP contribution in [0.1, 0.15) is 16.7 Å². The normalized spacial score (nSPS) is 9.96. The molecule has 0 aliphatic rings. The highest BCUT2D eigenvalue weighted by Crippen LogP contribution is 2.29. The van der Waals surface area contributed by atoms with Crippen LogP contribution in [0.15, 0.2) is 66.7 Å². The molecule has 0 bridgehead atoms. The second kappa shape index (κ2) is 8.62. The van der Waals surface area contributed by atoms with E-state index in [0.717, 1.165) is 11.1 Å². The van der Waals surface area contributed by atoms with Crippen molar-refractivity contribution in [3.8, 4) is 11.5 Å². The molecule has 3 rings (SSSR count). The topological polar surface area (TPSA) is 40.5 Å². The average Bonchev–Trinajstić information content (AvgIpc) is 2.59. The molecule has 0 atom stereocenters. The van der Waals surface area contributed by atoms with Gasteiger partial charge in [0, 0.05) is 22.0 Å². The molecule has 3 aromatic rings. The Balaban J connectivity index is 0.000000219. The summed E-state index contributed by atoms with van der Waals surface area (Å²) in [6.07, 6.45) is 0.707. The van der Waals surface area contributed by atoms with Crippen LogP contribution < -0.4 is 0 Å². The lowest BCUT2D eigenvalue weighted by molar-refractivity contribution is 0.469. The van der Waals surface area contributed by atoms with E-state index in [2.05, 4.69) is 0 Å². The number of phenols is 2. The van der Waals surface area contributed by atoms with Gasteiger partial charge in [0.05, 0.1) is 0 Å². The van der Waals surface area contributed by atoms with Crippen LogP contribution in [0.3, 0.4) is 0 Å². The van der Waals surface area contributed by atoms with Gasteiger partial charge in [0.2, 0.25) is 0 Å². The Labute approximate surface area is 151 Å². The highest BCUT2D eigenvalue weighted by atomic mass is 35.5. The van der Waals surface area contributed by atoms with Crippen molar-refractivity contribution >= 4 is 23.2 Å². The molecular weight excluding hydrogens is 343 g/mol. The van der Waals surface area contributed by atoms with E-state index in [1.165, 1.54) is 5.56 Å². The lowest BCUT2D eigenvalue weighted by atomic mass is 9.99. The monoisotopic (exact) mass is 360 g/mol. The maximum atomic E-state index is 9.82. The quantitative estimate of drug-likeness (QED) is 0.589. The first-order valence-electron chi connectivity index (χ1n) is 7.43. The minimum Gasteiger partial charge on any atom is -0.508 e. The van der Waals surface area contributed by atoms with E-state index in [1.54, 1.807) is 36.4 Å². The van der Waals surface area contributed by atoms with Gasteiger partial charge in [-0.05, 0) is 54.4 Å². The molecule has 0 amide bonds. The molecule has 2 nitrogen and oxygen atoms in total. The number of benzene rings is 3. The smallest absolute Gasteiger partial charge is 0.119 e. The Morgan fingerprint density at radius 1 is 0.792 bits per heavy atom. The van der Waals surface area contributed by atoms with Crippen LogP contribution in [0.25, 0.3) is 0 Å². The van der Waals surface area contributed by atoms with Gasteiger partial charge in [0.15, 0.2) is 0 Å². The van der Waals surface area contributed by atoms with Crippen molar-refractivity contribution in [2.45, 2.75) is 13.3 Å². The third-order valence-corrected chi connectivity index (χ3v) is 4.22. The lowest BCUT2D eigenvalue weighted by Gasteiger charge is -2.10. The summed E-state index contributed by atoms with van der Waals surface area (Å²) in [4.78, 5) is 0. The second-order valence-corrected chi connectivity index (χ2v) is 6.15. The zero-order valence-corrected chi connectivity index (χ0v) is 14.7. The summed E-state index contributed by atoms with van der Waals surface area (Å²) in [5.74, 6) is 0.556. The van der Waals surface area contributed by atoms with Gasteiger partial charge in [0.1, 0.15) is 11.5 Å². The highest BCUT2D eigenvalue weighted by molar-refractivity contribution is 6.31. The molecule has 24 heavy (non-hydrogen) atoms. The lowest BCUT2D eigenvalue weighted by Crippen LogP contribution is -1.93. The Kier molecular flexibility index (Phi) is 6.53. The number of aromatic hydroxyl groups is 2. The molecule has 0 aliphatic carbocycles. The third-order valence-electron chi connectivity index (χ3n) is 3.56. The van der Waals surface area contributed by atoms with Crippen molar-refractivity contribution < 1.29 is 10.2 Å². The van der Waals surface area contributed by atoms with Gasteiger partial charge in [-0.3, -0.25) is 0 Å². The number of halogens is 2. The van der Waals surface area contributed by atoms with Crippen molar-refractivity contribution in [2.75, 3.05) is 0 Å². The number of phenolic OH excluding ortho intramolecular Hbond substituents is 2. The van der Waals surface area contributed by atoms with Crippen LogP contribution in [0, 0.1) is 6.92 Å². The fourth-order valence-corrected chi connectivity index (χ4v) is 2.48. The van der Waals surface area contributed by atoms with Crippen LogP contribution >= 0.6 is 23.2 Å². The molecule has 0 aliphatic heterocycles. The molecule has 0 spiro atoms. The predicted molar refractivity (Wildman–Crippen MR) is 100 cm³/mol. The molecule has 3 aromatic carbocycles. The van der Waals surface area contributed by atoms with Crippen molar-refractivity contribution in [3.63, 3.8) is 0 Å². The van der Waals surface area contributed by atoms with E-state index in [1.807, 2.05) is 37.3 Å². The third kappa shape index (κ3) is 5.19. The van der Waals surface area contributed by atoms with Gasteiger partial charge in [0.25, 0.3) is 0 Å². The van der Waals surface area contributed by atoms with Gasteiger partial charge in [-0.15, -0.1) is 0 Å². The largest absolute Gasteiger partial charge is 0.508 e. The maximum Gasteiger partial charge on any atom is 0.119 e. The van der Waals surface area contributed by atoms with Crippen LogP contribution in [-0.4, -0.2) is 10.2 Å². The van der Waals surface area contributed by atoms with Gasteiger partial charge in [-0.1, -0.05) is 53.5 Å². The molecule has 0 radical (unpaired) electrons. The molecule has 0 unspecified atom stereocenters. The molecule has 0 saturated carbocycles. The first kappa shape index (κ1) is 18.2. The van der Waals surface area contributed by atoms with Gasteiger partial charge in [-0.2, -0.15) is 0 Å². The van der Waals surface area contributed by atoms with E-state index in [0.29, 0.717) is 22.2 Å². The highest BCUT2D eigenvalue weighted by Gasteiger charge is 2.08. The summed E-state index contributed by atoms with van der Waals surface area (Å²) in [5.41, 5.74) is 3.02. The van der Waals surface area contributed by atoms with Gasteiger partial charge in [-0.25, -0.2) is 0 Å². The summed E-state index contributed by atoms with van der Waals surface area (Å²) < 4.78 is 0. The summed E-state index contributed by atoms with van der Waals surface area (Å²) in [6.45, 7) is 1.93. The van der Waals surface area contributed by atoms with E-state index in [-0.39, 0.29) is 5.75 Å². The molecule has 2 N–H and O–H groups in total. The van der Waals surface area contributed by atoms with E-state index in [9.17, 15) is 5.11 Å². The summed E-state index contributed by atoms with van der Waals surface area (Å²) >= 11 is 11.5. The van der Waals surface area contributed by atoms with Crippen LogP contribution in [-0.2, 0) is 6.42 Å². The summed E-state index contributed by atoms with van der Waals surface area (Å²) in [7, 11) is 0. The van der Waals surface area contributed by atoms with Crippen LogP contribution in [0.5, 0.6) is 11.5 Å². The van der Waals surface area contributed by atoms with Crippen molar-refractivity contribution in [2.24, 2.45) is 0 Å². The molecule has 0 aromatic heterocycles. The Bertz CT molecular complexity index is 764. The fourth-order valence-electron chi connectivity index (χ4n) is 2.18. The van der Waals surface area contributed by atoms with Gasteiger partial charge >= 0.3 is 0 Å². The zero-order chi connectivity index (χ0) is 17.5. The number of hydrogen-bond donors (Lipinski definition) is 2. The molecule has 0 saturated heterocycles. The molecule has 124 valence electrons. The molecular formula is C20H18Cl2O2.